The summed E-state index contributed by atoms with van der Waals surface area (Å²) in [6, 6.07) is 0. The number of hydrogen-bond donors (Lipinski definition) is 3. The maximum atomic E-state index is 11.7. The van der Waals surface area contributed by atoms with E-state index in [1.807, 2.05) is 20.8 Å². The number of hydrogen-bond acceptors (Lipinski definition) is 10. The van der Waals surface area contributed by atoms with E-state index in [2.05, 4.69) is 15.3 Å². The Bertz CT molecular complexity index is 835. The minimum absolute atomic E-state index is 0.0198. The van der Waals surface area contributed by atoms with Crippen LogP contribution in [-0.4, -0.2) is 54.6 Å². The second kappa shape index (κ2) is 8.90. The fourth-order valence-electron chi connectivity index (χ4n) is 2.13. The third-order valence-electron chi connectivity index (χ3n) is 4.04. The summed E-state index contributed by atoms with van der Waals surface area (Å²) in [4.78, 5) is 42.5. The lowest BCUT2D eigenvalue weighted by atomic mass is 9.97. The van der Waals surface area contributed by atoms with Gasteiger partial charge in [0.05, 0.1) is 24.1 Å². The lowest BCUT2D eigenvalue weighted by molar-refractivity contribution is -0.153. The lowest BCUT2D eigenvalue weighted by Gasteiger charge is -2.21. The maximum absolute atomic E-state index is 11.7. The van der Waals surface area contributed by atoms with Crippen LogP contribution in [0.4, 0.5) is 17.5 Å². The molecule has 168 valence electrons. The van der Waals surface area contributed by atoms with Crippen LogP contribution >= 0.6 is 0 Å². The number of rotatable bonds is 4. The summed E-state index contributed by atoms with van der Waals surface area (Å²) in [5, 5.41) is 2.88. The summed E-state index contributed by atoms with van der Waals surface area (Å²) in [7, 11) is 0. The van der Waals surface area contributed by atoms with Crippen LogP contribution in [0.1, 0.15) is 41.5 Å². The third-order valence-corrected chi connectivity index (χ3v) is 4.04. The molecule has 0 radical (unpaired) electrons. The van der Waals surface area contributed by atoms with Crippen LogP contribution in [0.25, 0.3) is 0 Å². The number of epoxide rings is 1. The number of aromatic amines is 1. The minimum Gasteiger partial charge on any atom is -0.462 e. The number of fused-ring (bicyclic) bond motifs is 1. The number of nitrogen functional groups attached to an aromatic ring is 1. The molecule has 4 N–H and O–H groups in total. The van der Waals surface area contributed by atoms with Gasteiger partial charge in [0.25, 0.3) is 5.56 Å². The topological polar surface area (TPSA) is 152 Å². The number of ether oxygens (including phenoxy) is 3. The normalized spacial score (nSPS) is 17.3. The van der Waals surface area contributed by atoms with Gasteiger partial charge in [-0.05, 0) is 41.5 Å². The van der Waals surface area contributed by atoms with Gasteiger partial charge in [0.1, 0.15) is 18.4 Å². The zero-order chi connectivity index (χ0) is 22.7. The molecule has 3 rings (SSSR count). The first-order valence-corrected chi connectivity index (χ1v) is 9.63. The van der Waals surface area contributed by atoms with E-state index in [1.54, 1.807) is 25.7 Å². The molecule has 30 heavy (non-hydrogen) atoms. The molecule has 0 aliphatic carbocycles. The summed E-state index contributed by atoms with van der Waals surface area (Å²) in [6.45, 7) is 12.3. The van der Waals surface area contributed by atoms with Crippen LogP contribution in [0.2, 0.25) is 0 Å². The maximum Gasteiger partial charge on any atom is 0.312 e. The SMILES string of the molecule is CC(C)(C)C(=O)OCC1CO1.CC(C)(C)C(=O)OCN1CNc2c1nc(N)[nH]c2=O. The molecule has 1 aromatic rings. The van der Waals surface area contributed by atoms with Crippen LogP contribution in [0.3, 0.4) is 0 Å². The Morgan fingerprint density at radius 2 is 1.73 bits per heavy atom. The number of nitrogens with zero attached hydrogens (tertiary/aromatic N) is 2. The van der Waals surface area contributed by atoms with E-state index in [9.17, 15) is 14.4 Å². The number of esters is 2. The summed E-state index contributed by atoms with van der Waals surface area (Å²) >= 11 is 0. The van der Waals surface area contributed by atoms with Crippen molar-refractivity contribution in [3.63, 3.8) is 0 Å². The standard InChI is InChI=1S/C11H17N5O3.C8H14O3/c1-11(2,3)9(18)19-5-16-4-13-6-7(16)14-10(12)15-8(6)17;1-8(2,3)7(9)11-5-6-4-10-6/h13H,4-5H2,1-3H3,(H3,12,14,15,17);6H,4-5H2,1-3H3. The number of aromatic nitrogens is 2. The average molecular weight is 425 g/mol. The van der Waals surface area contributed by atoms with Gasteiger partial charge in [0, 0.05) is 0 Å². The predicted molar refractivity (Wildman–Crippen MR) is 111 cm³/mol. The van der Waals surface area contributed by atoms with Gasteiger partial charge in [-0.1, -0.05) is 0 Å². The number of carbonyl (C=O) groups excluding carboxylic acids is 2. The van der Waals surface area contributed by atoms with E-state index in [1.165, 1.54) is 0 Å². The lowest BCUT2D eigenvalue weighted by Crippen LogP contribution is -2.32. The van der Waals surface area contributed by atoms with Gasteiger partial charge in [0.2, 0.25) is 5.95 Å². The van der Waals surface area contributed by atoms with Gasteiger partial charge in [-0.25, -0.2) is 0 Å². The summed E-state index contributed by atoms with van der Waals surface area (Å²) in [5.74, 6) is -0.0608. The van der Waals surface area contributed by atoms with Gasteiger partial charge in [0.15, 0.2) is 12.5 Å². The van der Waals surface area contributed by atoms with Crippen molar-refractivity contribution in [1.82, 2.24) is 9.97 Å². The third kappa shape index (κ3) is 6.61. The molecular weight excluding hydrogens is 394 g/mol. The molecule has 0 bridgehead atoms. The quantitative estimate of drug-likeness (QED) is 0.471. The number of anilines is 3. The monoisotopic (exact) mass is 425 g/mol. The summed E-state index contributed by atoms with van der Waals surface area (Å²) in [5.41, 5.74) is 4.52. The van der Waals surface area contributed by atoms with Gasteiger partial charge in [-0.3, -0.25) is 19.4 Å². The first-order chi connectivity index (χ1) is 13.8. The molecule has 1 fully saturated rings. The fourth-order valence-corrected chi connectivity index (χ4v) is 2.13. The van der Waals surface area contributed by atoms with E-state index >= 15 is 0 Å². The second-order valence-electron chi connectivity index (χ2n) is 9.14. The number of carbonyl (C=O) groups is 2. The number of nitrogens with one attached hydrogen (secondary N) is 2. The highest BCUT2D eigenvalue weighted by Crippen LogP contribution is 2.25. The van der Waals surface area contributed by atoms with Crippen LogP contribution < -0.4 is 21.5 Å². The van der Waals surface area contributed by atoms with E-state index in [4.69, 9.17) is 19.9 Å². The van der Waals surface area contributed by atoms with Gasteiger partial charge >= 0.3 is 11.9 Å². The second-order valence-corrected chi connectivity index (χ2v) is 9.14. The fraction of sp³-hybridized carbons (Fsp3) is 0.684. The molecule has 3 heterocycles. The highest BCUT2D eigenvalue weighted by molar-refractivity contribution is 5.76. The molecule has 1 saturated heterocycles. The first-order valence-electron chi connectivity index (χ1n) is 9.63. The van der Waals surface area contributed by atoms with Crippen molar-refractivity contribution in [3.05, 3.63) is 10.4 Å². The molecule has 1 unspecified atom stereocenters. The van der Waals surface area contributed by atoms with Crippen LogP contribution in [0.5, 0.6) is 0 Å². The Labute approximate surface area is 175 Å². The van der Waals surface area contributed by atoms with Crippen molar-refractivity contribution in [2.45, 2.75) is 47.6 Å². The van der Waals surface area contributed by atoms with Gasteiger partial charge in [-0.2, -0.15) is 4.98 Å². The molecule has 2 aliphatic heterocycles. The zero-order valence-corrected chi connectivity index (χ0v) is 18.3. The van der Waals surface area contributed by atoms with Crippen molar-refractivity contribution in [2.24, 2.45) is 10.8 Å². The Morgan fingerprint density at radius 1 is 1.17 bits per heavy atom. The Hall–Kier alpha value is -2.82. The molecule has 1 atom stereocenters. The molecule has 0 saturated carbocycles. The molecular formula is C19H31N5O6. The smallest absolute Gasteiger partial charge is 0.312 e. The van der Waals surface area contributed by atoms with Crippen LogP contribution in [0.15, 0.2) is 4.79 Å². The largest absolute Gasteiger partial charge is 0.462 e. The molecule has 2 aliphatic rings. The molecule has 1 aromatic heterocycles. The van der Waals surface area contributed by atoms with Gasteiger partial charge < -0.3 is 30.2 Å². The summed E-state index contributed by atoms with van der Waals surface area (Å²) < 4.78 is 15.0. The van der Waals surface area contributed by atoms with E-state index in [0.29, 0.717) is 24.8 Å². The molecule has 0 spiro atoms. The highest BCUT2D eigenvalue weighted by atomic mass is 16.6. The van der Waals surface area contributed by atoms with Gasteiger partial charge in [-0.15, -0.1) is 0 Å². The minimum atomic E-state index is -0.573. The molecule has 0 aromatic carbocycles. The van der Waals surface area contributed by atoms with Crippen molar-refractivity contribution in [2.75, 3.05) is 42.6 Å². The Morgan fingerprint density at radius 3 is 2.27 bits per heavy atom. The molecule has 11 nitrogen and oxygen atoms in total. The first kappa shape index (κ1) is 23.5. The number of H-pyrrole nitrogens is 1. The van der Waals surface area contributed by atoms with Crippen LogP contribution in [0, 0.1) is 10.8 Å². The van der Waals surface area contributed by atoms with Crippen molar-refractivity contribution >= 4 is 29.4 Å². The predicted octanol–water partition coefficient (Wildman–Crippen LogP) is 1.06. The van der Waals surface area contributed by atoms with E-state index in [0.717, 1.165) is 6.61 Å². The highest BCUT2D eigenvalue weighted by Gasteiger charge is 2.29. The van der Waals surface area contributed by atoms with E-state index < -0.39 is 10.8 Å². The average Bonchev–Trinajstić information content (AvgIpc) is 3.36. The van der Waals surface area contributed by atoms with Crippen molar-refractivity contribution in [1.29, 1.82) is 0 Å². The van der Waals surface area contributed by atoms with Crippen molar-refractivity contribution in [3.8, 4) is 0 Å². The Balaban J connectivity index is 0.000000248. The number of nitrogens with two attached hydrogens (primary N) is 1. The summed E-state index contributed by atoms with van der Waals surface area (Å²) in [6.07, 6.45) is 0.168. The Kier molecular flexibility index (Phi) is 6.96. The van der Waals surface area contributed by atoms with Crippen LogP contribution in [-0.2, 0) is 23.8 Å². The zero-order valence-electron chi connectivity index (χ0n) is 18.3. The van der Waals surface area contributed by atoms with E-state index in [-0.39, 0.29) is 36.3 Å². The molecule has 11 heteroatoms. The molecule has 0 amide bonds. The van der Waals surface area contributed by atoms with Crippen molar-refractivity contribution < 1.29 is 23.8 Å².